The number of allylic oxidation sites excluding steroid dienone is 1. The Morgan fingerprint density at radius 3 is 1.94 bits per heavy atom. The number of hydrogen-bond acceptors (Lipinski definition) is 1. The van der Waals surface area contributed by atoms with E-state index in [0.717, 1.165) is 6.07 Å². The molecule has 0 heterocycles. The quantitative estimate of drug-likeness (QED) is 0.477. The third kappa shape index (κ3) is 9.01. The van der Waals surface area contributed by atoms with E-state index in [4.69, 9.17) is 11.7 Å². The Hall–Kier alpha value is 0.00636. The Labute approximate surface area is 144 Å². The molecule has 18 heavy (non-hydrogen) atoms. The van der Waals surface area contributed by atoms with Gasteiger partial charge in [-0.05, 0) is 0 Å². The number of nitrogens with two attached hydrogens (primary N) is 1. The van der Waals surface area contributed by atoms with E-state index in [1.807, 2.05) is 0 Å². The summed E-state index contributed by atoms with van der Waals surface area (Å²) < 4.78 is 53.9. The summed E-state index contributed by atoms with van der Waals surface area (Å²) in [6.07, 6.45) is 0. The second kappa shape index (κ2) is 10.9. The summed E-state index contributed by atoms with van der Waals surface area (Å²) in [7, 11) is 0. The predicted molar refractivity (Wildman–Crippen MR) is 53.3 cm³/mol. The van der Waals surface area contributed by atoms with Crippen molar-refractivity contribution in [1.29, 1.82) is 0 Å². The zero-order valence-electron chi connectivity index (χ0n) is 9.65. The largest absolute Gasteiger partial charge is 1.00 e. The number of aromatic hydroxyl groups is 1. The molecule has 0 atom stereocenters. The van der Waals surface area contributed by atoms with Crippen molar-refractivity contribution in [1.82, 2.24) is 0 Å². The van der Waals surface area contributed by atoms with Gasteiger partial charge in [0, 0.05) is 6.07 Å². The third-order valence-corrected chi connectivity index (χ3v) is 1.45. The van der Waals surface area contributed by atoms with Gasteiger partial charge in [0.05, 0.1) is 5.75 Å². The number of benzene rings is 1. The van der Waals surface area contributed by atoms with Crippen molar-refractivity contribution in [2.24, 2.45) is 0 Å². The van der Waals surface area contributed by atoms with Crippen molar-refractivity contribution < 1.29 is 78.4 Å². The molecule has 0 aliphatic heterocycles. The fourth-order valence-electron chi connectivity index (χ4n) is 0.867. The minimum absolute atomic E-state index is 0. The number of rotatable bonds is 1. The molecule has 0 radical (unpaired) electrons. The standard InChI is InChI=1S/C9H7F2O.CF3.K.H2N/c1-5(2)7-3-6(10)4-8(11)9(7)12;2-1(3)4;;/h1,3-4,12H,2H3;;;1H2/q2*-1;+1;-1. The van der Waals surface area contributed by atoms with Crippen LogP contribution in [0.1, 0.15) is 12.5 Å². The number of phenols is 1. The Morgan fingerprint density at radius 2 is 1.61 bits per heavy atom. The second-order valence-electron chi connectivity index (χ2n) is 2.68. The van der Waals surface area contributed by atoms with Crippen LogP contribution in [0.4, 0.5) is 22.0 Å². The zero-order chi connectivity index (χ0) is 12.9. The van der Waals surface area contributed by atoms with Crippen LogP contribution in [0, 0.1) is 24.9 Å². The van der Waals surface area contributed by atoms with Gasteiger partial charge >= 0.3 is 51.4 Å². The molecular weight excluding hydrogens is 284 g/mol. The van der Waals surface area contributed by atoms with Crippen molar-refractivity contribution in [3.63, 3.8) is 0 Å². The molecule has 0 aromatic heterocycles. The Balaban J connectivity index is -0.000000332. The predicted octanol–water partition coefficient (Wildman–Crippen LogP) is 1.57. The van der Waals surface area contributed by atoms with Gasteiger partial charge in [-0.1, -0.05) is 13.0 Å². The Bertz CT molecular complexity index is 384. The maximum absolute atomic E-state index is 12.6. The van der Waals surface area contributed by atoms with E-state index in [1.165, 1.54) is 6.92 Å². The molecule has 3 N–H and O–H groups in total. The van der Waals surface area contributed by atoms with Crippen LogP contribution in [0.15, 0.2) is 12.1 Å². The maximum atomic E-state index is 12.6. The second-order valence-corrected chi connectivity index (χ2v) is 2.68. The average Bonchev–Trinajstić information content (AvgIpc) is 2.09. The zero-order valence-corrected chi connectivity index (χ0v) is 12.8. The smallest absolute Gasteiger partial charge is 0.693 e. The van der Waals surface area contributed by atoms with E-state index in [2.05, 4.69) is 0 Å². The van der Waals surface area contributed by atoms with Gasteiger partial charge in [0.15, 0.2) is 6.68 Å². The molecule has 0 saturated carbocycles. The summed E-state index contributed by atoms with van der Waals surface area (Å²) in [5, 5.41) is 9.05. The molecule has 0 saturated heterocycles. The number of hydrogen-bond donors (Lipinski definition) is 1. The Kier molecular flexibility index (Phi) is 14.0. The summed E-state index contributed by atoms with van der Waals surface area (Å²) in [5.41, 5.74) is 0.165. The van der Waals surface area contributed by atoms with Crippen molar-refractivity contribution in [2.45, 2.75) is 6.92 Å². The molecule has 1 aromatic carbocycles. The van der Waals surface area contributed by atoms with Gasteiger partial charge in [0.25, 0.3) is 0 Å². The molecule has 2 nitrogen and oxygen atoms in total. The topological polar surface area (TPSA) is 53.7 Å². The van der Waals surface area contributed by atoms with Crippen LogP contribution in [-0.2, 0) is 0 Å². The van der Waals surface area contributed by atoms with Crippen molar-refractivity contribution in [3.8, 4) is 5.75 Å². The van der Waals surface area contributed by atoms with E-state index in [-0.39, 0.29) is 68.7 Å². The van der Waals surface area contributed by atoms with Gasteiger partial charge in [-0.3, -0.25) is 6.58 Å². The molecule has 0 fully saturated rings. The van der Waals surface area contributed by atoms with Crippen LogP contribution in [0.2, 0.25) is 0 Å². The van der Waals surface area contributed by atoms with E-state index in [0.29, 0.717) is 6.07 Å². The van der Waals surface area contributed by atoms with E-state index < -0.39 is 24.1 Å². The minimum atomic E-state index is -3.08. The molecule has 0 aliphatic carbocycles. The van der Waals surface area contributed by atoms with Crippen LogP contribution >= 0.6 is 0 Å². The Morgan fingerprint density at radius 1 is 1.22 bits per heavy atom. The van der Waals surface area contributed by atoms with Crippen LogP contribution in [-0.4, -0.2) is 5.11 Å². The third-order valence-electron chi connectivity index (χ3n) is 1.45. The molecule has 0 unspecified atom stereocenters. The first-order chi connectivity index (χ1) is 7.25. The van der Waals surface area contributed by atoms with Crippen LogP contribution < -0.4 is 51.4 Å². The van der Waals surface area contributed by atoms with Gasteiger partial charge < -0.3 is 24.4 Å². The molecule has 1 aromatic rings. The molecule has 0 bridgehead atoms. The number of halogens is 5. The fourth-order valence-corrected chi connectivity index (χ4v) is 0.867. The molecule has 0 aliphatic rings. The minimum Gasteiger partial charge on any atom is -0.693 e. The summed E-state index contributed by atoms with van der Waals surface area (Å²) in [4.78, 5) is 0. The van der Waals surface area contributed by atoms with Crippen molar-refractivity contribution >= 4 is 5.57 Å². The average molecular weight is 293 g/mol. The summed E-state index contributed by atoms with van der Waals surface area (Å²) in [5.74, 6) is -2.38. The van der Waals surface area contributed by atoms with E-state index >= 15 is 0 Å². The molecule has 0 spiro atoms. The maximum Gasteiger partial charge on any atom is 1.00 e. The summed E-state index contributed by atoms with van der Waals surface area (Å²) in [6.45, 7) is 3.64. The molecule has 1 rings (SSSR count). The monoisotopic (exact) mass is 293 g/mol. The first-order valence-corrected chi connectivity index (χ1v) is 3.86. The van der Waals surface area contributed by atoms with Gasteiger partial charge in [-0.2, -0.15) is 0 Å². The molecule has 8 heteroatoms. The number of phenolic OH excluding ortho intramolecular Hbond substituents is 1. The van der Waals surface area contributed by atoms with E-state index in [1.54, 1.807) is 0 Å². The first-order valence-electron chi connectivity index (χ1n) is 3.86. The molecule has 98 valence electrons. The molecular formula is C10H9F5KNO-2. The van der Waals surface area contributed by atoms with Gasteiger partial charge in [-0.25, -0.2) is 14.4 Å². The van der Waals surface area contributed by atoms with Crippen molar-refractivity contribution in [2.75, 3.05) is 0 Å². The van der Waals surface area contributed by atoms with E-state index in [9.17, 15) is 22.0 Å². The normalized spacial score (nSPS) is 8.61. The summed E-state index contributed by atoms with van der Waals surface area (Å²) >= 11 is 0. The van der Waals surface area contributed by atoms with Crippen LogP contribution in [0.5, 0.6) is 5.75 Å². The summed E-state index contributed by atoms with van der Waals surface area (Å²) in [6, 6.07) is 1.58. The fraction of sp³-hybridized carbons (Fsp3) is 0.100. The van der Waals surface area contributed by atoms with Gasteiger partial charge in [0.2, 0.25) is 0 Å². The SMILES string of the molecule is F[C-](F)F.[CH-]=C(C)c1cc(F)cc(F)c1O.[K+].[NH2-]. The van der Waals surface area contributed by atoms with Gasteiger partial charge in [0.1, 0.15) is 11.6 Å². The van der Waals surface area contributed by atoms with Gasteiger partial charge in [-0.15, -0.1) is 5.56 Å². The van der Waals surface area contributed by atoms with Crippen LogP contribution in [0.25, 0.3) is 11.7 Å². The van der Waals surface area contributed by atoms with Crippen molar-refractivity contribution in [3.05, 3.63) is 48.7 Å². The van der Waals surface area contributed by atoms with Crippen LogP contribution in [0.3, 0.4) is 0 Å². The molecule has 0 amide bonds. The first kappa shape index (κ1) is 23.1.